The Kier molecular flexibility index (Phi) is 5.96. The molecule has 0 aliphatic heterocycles. The molecule has 1 aliphatic rings. The molecule has 124 valence electrons. The maximum atomic E-state index is 11.2. The second-order valence-corrected chi connectivity index (χ2v) is 4.93. The Morgan fingerprint density at radius 3 is 2.46 bits per heavy atom. The summed E-state index contributed by atoms with van der Waals surface area (Å²) in [6.45, 7) is 0. The van der Waals surface area contributed by atoms with Gasteiger partial charge in [-0.05, 0) is 41.8 Å². The summed E-state index contributed by atoms with van der Waals surface area (Å²) in [5.74, 6) is 15.8. The Morgan fingerprint density at radius 2 is 1.79 bits per heavy atom. The number of benzene rings is 1. The van der Waals surface area contributed by atoms with Gasteiger partial charge in [-0.2, -0.15) is 0 Å². The highest BCUT2D eigenvalue weighted by atomic mass is 16.2. The molecule has 1 aromatic carbocycles. The summed E-state index contributed by atoms with van der Waals surface area (Å²) in [4.78, 5) is 22.3. The first-order chi connectivity index (χ1) is 11.6. The van der Waals surface area contributed by atoms with Crippen LogP contribution in [0, 0.1) is 11.8 Å². The van der Waals surface area contributed by atoms with Gasteiger partial charge in [0.1, 0.15) is 6.04 Å². The molecule has 24 heavy (non-hydrogen) atoms. The van der Waals surface area contributed by atoms with Gasteiger partial charge >= 0.3 is 12.1 Å². The predicted octanol–water partition coefficient (Wildman–Crippen LogP) is 0.265. The van der Waals surface area contributed by atoms with E-state index in [1.807, 2.05) is 29.1 Å². The molecule has 0 fully saturated rings. The zero-order chi connectivity index (χ0) is 17.4. The standard InChI is InChI=1S/C16H18N6O2/c17-21-15(23)19-13-3-1-2-11(4-7-13)10-12-5-8-14(9-6-12)20-16(24)22-18/h2,4-9,13H,10,17-18H2,(H2,19,21,23)(H2,20,22,24). The Bertz CT molecular complexity index is 727. The van der Waals surface area contributed by atoms with Crippen LogP contribution in [-0.2, 0) is 6.42 Å². The van der Waals surface area contributed by atoms with Crippen molar-refractivity contribution in [2.24, 2.45) is 11.7 Å². The third-order valence-corrected chi connectivity index (χ3v) is 3.17. The molecule has 0 bridgehead atoms. The molecule has 0 heterocycles. The number of allylic oxidation sites excluding steroid dienone is 3. The summed E-state index contributed by atoms with van der Waals surface area (Å²) in [6.07, 6.45) is 6.15. The van der Waals surface area contributed by atoms with E-state index in [1.54, 1.807) is 24.3 Å². The van der Waals surface area contributed by atoms with Crippen LogP contribution < -0.4 is 33.2 Å². The van der Waals surface area contributed by atoms with Crippen molar-refractivity contribution >= 4 is 17.7 Å². The molecular formula is C16H18N6O2. The second kappa shape index (κ2) is 8.38. The third kappa shape index (κ3) is 5.17. The lowest BCUT2D eigenvalue weighted by Crippen LogP contribution is -2.43. The molecule has 1 aromatic rings. The van der Waals surface area contributed by atoms with E-state index in [2.05, 4.69) is 22.5 Å². The van der Waals surface area contributed by atoms with Crippen LogP contribution in [0.3, 0.4) is 0 Å². The first kappa shape index (κ1) is 17.1. The highest BCUT2D eigenvalue weighted by Crippen LogP contribution is 2.14. The molecule has 8 nitrogen and oxygen atoms in total. The summed E-state index contributed by atoms with van der Waals surface area (Å²) >= 11 is 0. The third-order valence-electron chi connectivity index (χ3n) is 3.17. The lowest BCUT2D eigenvalue weighted by Gasteiger charge is -2.08. The number of anilines is 1. The molecule has 1 unspecified atom stereocenters. The van der Waals surface area contributed by atoms with E-state index in [0.29, 0.717) is 12.1 Å². The normalized spacial score (nSPS) is 15.2. The molecular weight excluding hydrogens is 308 g/mol. The quantitative estimate of drug-likeness (QED) is 0.205. The molecule has 4 amide bonds. The first-order valence-corrected chi connectivity index (χ1v) is 7.12. The van der Waals surface area contributed by atoms with Crippen molar-refractivity contribution in [2.75, 3.05) is 5.32 Å². The lowest BCUT2D eigenvalue weighted by atomic mass is 10.0. The highest BCUT2D eigenvalue weighted by Gasteiger charge is 2.07. The van der Waals surface area contributed by atoms with Crippen molar-refractivity contribution in [1.82, 2.24) is 16.2 Å². The summed E-state index contributed by atoms with van der Waals surface area (Å²) in [6, 6.07) is 6.00. The Hall–Kier alpha value is -3.28. The van der Waals surface area contributed by atoms with Gasteiger partial charge < -0.3 is 10.6 Å². The van der Waals surface area contributed by atoms with Crippen molar-refractivity contribution in [3.63, 3.8) is 0 Å². The fourth-order valence-electron chi connectivity index (χ4n) is 2.03. The number of hydrogen-bond donors (Lipinski definition) is 6. The van der Waals surface area contributed by atoms with Crippen LogP contribution in [0.2, 0.25) is 0 Å². The van der Waals surface area contributed by atoms with Crippen molar-refractivity contribution in [3.8, 4) is 11.8 Å². The number of carbonyl (C=O) groups is 2. The van der Waals surface area contributed by atoms with E-state index in [0.717, 1.165) is 11.1 Å². The molecule has 0 saturated heterocycles. The van der Waals surface area contributed by atoms with Crippen LogP contribution in [-0.4, -0.2) is 18.1 Å². The highest BCUT2D eigenvalue weighted by molar-refractivity contribution is 5.88. The molecule has 1 aliphatic carbocycles. The van der Waals surface area contributed by atoms with Crippen molar-refractivity contribution in [1.29, 1.82) is 0 Å². The van der Waals surface area contributed by atoms with Crippen molar-refractivity contribution < 1.29 is 9.59 Å². The molecule has 8 N–H and O–H groups in total. The monoisotopic (exact) mass is 326 g/mol. The molecule has 2 rings (SSSR count). The summed E-state index contributed by atoms with van der Waals surface area (Å²) in [5.41, 5.74) is 6.69. The fraction of sp³-hybridized carbons (Fsp3) is 0.125. The number of hydrogen-bond acceptors (Lipinski definition) is 4. The zero-order valence-corrected chi connectivity index (χ0v) is 12.8. The molecule has 0 spiro atoms. The van der Waals surface area contributed by atoms with Gasteiger partial charge in [0.25, 0.3) is 0 Å². The number of urea groups is 2. The van der Waals surface area contributed by atoms with Gasteiger partial charge in [0.2, 0.25) is 0 Å². The lowest BCUT2D eigenvalue weighted by molar-refractivity contribution is 0.240. The van der Waals surface area contributed by atoms with Gasteiger partial charge in [-0.25, -0.2) is 21.3 Å². The average molecular weight is 326 g/mol. The number of rotatable bonds is 4. The van der Waals surface area contributed by atoms with E-state index in [1.165, 1.54) is 0 Å². The Morgan fingerprint density at radius 1 is 1.08 bits per heavy atom. The number of amides is 4. The topological polar surface area (TPSA) is 134 Å². The number of nitrogens with two attached hydrogens (primary N) is 2. The largest absolute Gasteiger partial charge is 0.333 e. The van der Waals surface area contributed by atoms with Crippen LogP contribution in [0.25, 0.3) is 0 Å². The van der Waals surface area contributed by atoms with Crippen LogP contribution in [0.5, 0.6) is 0 Å². The minimum Gasteiger partial charge on any atom is -0.320 e. The summed E-state index contributed by atoms with van der Waals surface area (Å²) in [5, 5.41) is 5.18. The predicted molar refractivity (Wildman–Crippen MR) is 91.1 cm³/mol. The second-order valence-electron chi connectivity index (χ2n) is 4.93. The van der Waals surface area contributed by atoms with Gasteiger partial charge in [-0.1, -0.05) is 30.0 Å². The fourth-order valence-corrected chi connectivity index (χ4v) is 2.03. The van der Waals surface area contributed by atoms with Crippen LogP contribution in [0.1, 0.15) is 5.56 Å². The maximum absolute atomic E-state index is 11.2. The smallest absolute Gasteiger partial charge is 0.320 e. The SMILES string of the molecule is NNC(=O)Nc1ccc(CC2=CC#CC(NC(=O)NN)C=C2)cc1. The molecule has 1 atom stereocenters. The summed E-state index contributed by atoms with van der Waals surface area (Å²) in [7, 11) is 0. The van der Waals surface area contributed by atoms with E-state index < -0.39 is 18.1 Å². The van der Waals surface area contributed by atoms with E-state index in [9.17, 15) is 9.59 Å². The van der Waals surface area contributed by atoms with E-state index in [4.69, 9.17) is 11.7 Å². The first-order valence-electron chi connectivity index (χ1n) is 7.12. The van der Waals surface area contributed by atoms with Gasteiger partial charge in [-0.15, -0.1) is 0 Å². The minimum absolute atomic E-state index is 0.399. The molecule has 0 saturated carbocycles. The Balaban J connectivity index is 1.96. The van der Waals surface area contributed by atoms with Crippen molar-refractivity contribution in [2.45, 2.75) is 12.5 Å². The van der Waals surface area contributed by atoms with Crippen LogP contribution in [0.15, 0.2) is 48.1 Å². The van der Waals surface area contributed by atoms with Gasteiger partial charge in [-0.3, -0.25) is 10.9 Å². The van der Waals surface area contributed by atoms with E-state index in [-0.39, 0.29) is 0 Å². The number of nitrogens with one attached hydrogen (secondary N) is 4. The maximum Gasteiger partial charge on any atom is 0.333 e. The Labute approximate surface area is 139 Å². The van der Waals surface area contributed by atoms with Gasteiger partial charge in [0.05, 0.1) is 0 Å². The van der Waals surface area contributed by atoms with Gasteiger partial charge in [0.15, 0.2) is 0 Å². The molecule has 8 heteroatoms. The van der Waals surface area contributed by atoms with Crippen LogP contribution in [0.4, 0.5) is 15.3 Å². The summed E-state index contributed by atoms with van der Waals surface area (Å²) < 4.78 is 0. The van der Waals surface area contributed by atoms with E-state index >= 15 is 0 Å². The zero-order valence-electron chi connectivity index (χ0n) is 12.8. The minimum atomic E-state index is -0.494. The molecule has 0 radical (unpaired) electrons. The number of hydrazine groups is 2. The van der Waals surface area contributed by atoms with Gasteiger partial charge in [0, 0.05) is 5.69 Å². The average Bonchev–Trinajstić information content (AvgIpc) is 2.81. The van der Waals surface area contributed by atoms with Crippen LogP contribution >= 0.6 is 0 Å². The molecule has 0 aromatic heterocycles. The van der Waals surface area contributed by atoms with Crippen molar-refractivity contribution in [3.05, 3.63) is 53.6 Å². The number of carbonyl (C=O) groups excluding carboxylic acids is 2.